The molecule has 25 heavy (non-hydrogen) atoms. The van der Waals surface area contributed by atoms with E-state index in [1.165, 1.54) is 4.80 Å². The molecule has 2 amide bonds. The number of aryl methyl sites for hydroxylation is 1. The van der Waals surface area contributed by atoms with Gasteiger partial charge in [-0.1, -0.05) is 17.7 Å². The lowest BCUT2D eigenvalue weighted by molar-refractivity contribution is 0.0561. The molecule has 2 heterocycles. The Morgan fingerprint density at radius 2 is 1.72 bits per heavy atom. The van der Waals surface area contributed by atoms with Gasteiger partial charge in [0, 0.05) is 26.2 Å². The maximum Gasteiger partial charge on any atom is 0.409 e. The molecular formula is C16H20N6O3. The van der Waals surface area contributed by atoms with Crippen LogP contribution >= 0.6 is 0 Å². The Hall–Kier alpha value is -2.97. The Labute approximate surface area is 145 Å². The standard InChI is InChI=1S/C16H20N6O3/c1-3-25-16(24)21-10-8-20(9-11-21)15(23)14-17-19-22(18-14)13-6-4-12(2)5-7-13/h4-7H,3,8-11H2,1-2H3. The highest BCUT2D eigenvalue weighted by molar-refractivity contribution is 5.90. The predicted molar refractivity (Wildman–Crippen MR) is 88.4 cm³/mol. The molecule has 0 bridgehead atoms. The van der Waals surface area contributed by atoms with Crippen LogP contribution in [0.3, 0.4) is 0 Å². The molecule has 1 aliphatic heterocycles. The summed E-state index contributed by atoms with van der Waals surface area (Å²) in [4.78, 5) is 28.7. The van der Waals surface area contributed by atoms with Gasteiger partial charge in [0.15, 0.2) is 0 Å². The average Bonchev–Trinajstić information content (AvgIpc) is 3.12. The number of hydrogen-bond donors (Lipinski definition) is 0. The lowest BCUT2D eigenvalue weighted by Crippen LogP contribution is -2.51. The van der Waals surface area contributed by atoms with Crippen LogP contribution in [0.4, 0.5) is 4.79 Å². The summed E-state index contributed by atoms with van der Waals surface area (Å²) in [5, 5.41) is 12.0. The monoisotopic (exact) mass is 344 g/mol. The van der Waals surface area contributed by atoms with Crippen LogP contribution < -0.4 is 0 Å². The van der Waals surface area contributed by atoms with Crippen LogP contribution in [0.2, 0.25) is 0 Å². The highest BCUT2D eigenvalue weighted by Gasteiger charge is 2.27. The number of ether oxygens (including phenoxy) is 1. The average molecular weight is 344 g/mol. The Bertz CT molecular complexity index is 749. The number of amides is 2. The van der Waals surface area contributed by atoms with Gasteiger partial charge in [-0.25, -0.2) is 4.79 Å². The van der Waals surface area contributed by atoms with Crippen LogP contribution in [-0.4, -0.2) is 74.8 Å². The summed E-state index contributed by atoms with van der Waals surface area (Å²) < 4.78 is 4.97. The Balaban J connectivity index is 1.63. The number of piperazine rings is 1. The van der Waals surface area contributed by atoms with Crippen molar-refractivity contribution in [1.82, 2.24) is 30.0 Å². The van der Waals surface area contributed by atoms with Crippen molar-refractivity contribution in [3.8, 4) is 5.69 Å². The molecule has 0 spiro atoms. The molecule has 0 atom stereocenters. The van der Waals surface area contributed by atoms with Crippen LogP contribution in [0.1, 0.15) is 23.1 Å². The predicted octanol–water partition coefficient (Wildman–Crippen LogP) is 0.885. The molecule has 1 aliphatic rings. The fourth-order valence-electron chi connectivity index (χ4n) is 2.54. The fraction of sp³-hybridized carbons (Fsp3) is 0.438. The second-order valence-electron chi connectivity index (χ2n) is 5.72. The molecule has 2 aromatic rings. The third-order valence-corrected chi connectivity index (χ3v) is 3.96. The third kappa shape index (κ3) is 3.76. The van der Waals surface area contributed by atoms with Crippen molar-refractivity contribution in [2.75, 3.05) is 32.8 Å². The normalized spacial score (nSPS) is 14.5. The molecular weight excluding hydrogens is 324 g/mol. The largest absolute Gasteiger partial charge is 0.450 e. The molecule has 9 nitrogen and oxygen atoms in total. The highest BCUT2D eigenvalue weighted by Crippen LogP contribution is 2.09. The summed E-state index contributed by atoms with van der Waals surface area (Å²) in [7, 11) is 0. The van der Waals surface area contributed by atoms with E-state index in [1.807, 2.05) is 31.2 Å². The first kappa shape index (κ1) is 16.9. The van der Waals surface area contributed by atoms with Gasteiger partial charge in [0.25, 0.3) is 11.7 Å². The van der Waals surface area contributed by atoms with Crippen LogP contribution in [0.25, 0.3) is 5.69 Å². The van der Waals surface area contributed by atoms with Crippen LogP contribution in [-0.2, 0) is 4.74 Å². The van der Waals surface area contributed by atoms with E-state index in [0.29, 0.717) is 32.8 Å². The summed E-state index contributed by atoms with van der Waals surface area (Å²) in [5.41, 5.74) is 1.86. The van der Waals surface area contributed by atoms with Gasteiger partial charge in [0.05, 0.1) is 12.3 Å². The van der Waals surface area contributed by atoms with Crippen molar-refractivity contribution in [3.05, 3.63) is 35.7 Å². The molecule has 0 radical (unpaired) electrons. The minimum Gasteiger partial charge on any atom is -0.450 e. The van der Waals surface area contributed by atoms with Gasteiger partial charge in [-0.3, -0.25) is 4.79 Å². The van der Waals surface area contributed by atoms with E-state index in [2.05, 4.69) is 15.4 Å². The number of carbonyl (C=O) groups excluding carboxylic acids is 2. The van der Waals surface area contributed by atoms with E-state index in [9.17, 15) is 9.59 Å². The van der Waals surface area contributed by atoms with Gasteiger partial charge in [-0.2, -0.15) is 0 Å². The van der Waals surface area contributed by atoms with E-state index in [4.69, 9.17) is 4.74 Å². The molecule has 1 fully saturated rings. The molecule has 9 heteroatoms. The number of hydrogen-bond acceptors (Lipinski definition) is 6. The van der Waals surface area contributed by atoms with Gasteiger partial charge >= 0.3 is 6.09 Å². The van der Waals surface area contributed by atoms with Gasteiger partial charge < -0.3 is 14.5 Å². The minimum atomic E-state index is -0.349. The van der Waals surface area contributed by atoms with Crippen molar-refractivity contribution >= 4 is 12.0 Å². The second-order valence-corrected chi connectivity index (χ2v) is 5.72. The number of benzene rings is 1. The SMILES string of the molecule is CCOC(=O)N1CCN(C(=O)c2nnn(-c3ccc(C)cc3)n2)CC1. The smallest absolute Gasteiger partial charge is 0.409 e. The summed E-state index contributed by atoms with van der Waals surface area (Å²) in [6.07, 6.45) is -0.349. The van der Waals surface area contributed by atoms with Crippen LogP contribution in [0.15, 0.2) is 24.3 Å². The minimum absolute atomic E-state index is 0.0464. The number of aromatic nitrogens is 4. The molecule has 1 saturated heterocycles. The zero-order valence-electron chi connectivity index (χ0n) is 14.3. The summed E-state index contributed by atoms with van der Waals surface area (Å²) in [5.74, 6) is -0.243. The molecule has 0 N–H and O–H groups in total. The van der Waals surface area contributed by atoms with E-state index in [0.717, 1.165) is 11.3 Å². The quantitative estimate of drug-likeness (QED) is 0.821. The van der Waals surface area contributed by atoms with Crippen molar-refractivity contribution in [2.45, 2.75) is 13.8 Å². The van der Waals surface area contributed by atoms with E-state index in [-0.39, 0.29) is 17.8 Å². The molecule has 3 rings (SSSR count). The van der Waals surface area contributed by atoms with Gasteiger partial charge in [-0.15, -0.1) is 15.0 Å². The number of carbonyl (C=O) groups is 2. The molecule has 0 unspecified atom stereocenters. The summed E-state index contributed by atoms with van der Waals surface area (Å²) >= 11 is 0. The second kappa shape index (κ2) is 7.29. The van der Waals surface area contributed by atoms with Gasteiger partial charge in [-0.05, 0) is 31.2 Å². The summed E-state index contributed by atoms with van der Waals surface area (Å²) in [6.45, 7) is 5.77. The van der Waals surface area contributed by atoms with Crippen molar-refractivity contribution in [2.24, 2.45) is 0 Å². The van der Waals surface area contributed by atoms with E-state index < -0.39 is 0 Å². The number of tetrazole rings is 1. The molecule has 0 saturated carbocycles. The molecule has 132 valence electrons. The summed E-state index contributed by atoms with van der Waals surface area (Å²) in [6, 6.07) is 7.61. The van der Waals surface area contributed by atoms with Crippen molar-refractivity contribution in [1.29, 1.82) is 0 Å². The lowest BCUT2D eigenvalue weighted by Gasteiger charge is -2.33. The highest BCUT2D eigenvalue weighted by atomic mass is 16.6. The lowest BCUT2D eigenvalue weighted by atomic mass is 10.2. The maximum atomic E-state index is 12.5. The first-order chi connectivity index (χ1) is 12.1. The Kier molecular flexibility index (Phi) is 4.92. The maximum absolute atomic E-state index is 12.5. The first-order valence-corrected chi connectivity index (χ1v) is 8.16. The topological polar surface area (TPSA) is 93.5 Å². The molecule has 1 aromatic carbocycles. The third-order valence-electron chi connectivity index (χ3n) is 3.96. The van der Waals surface area contributed by atoms with E-state index in [1.54, 1.807) is 16.7 Å². The van der Waals surface area contributed by atoms with E-state index >= 15 is 0 Å². The Morgan fingerprint density at radius 1 is 1.08 bits per heavy atom. The van der Waals surface area contributed by atoms with Crippen molar-refractivity contribution in [3.63, 3.8) is 0 Å². The number of rotatable bonds is 3. The zero-order valence-corrected chi connectivity index (χ0v) is 14.3. The zero-order chi connectivity index (χ0) is 17.8. The van der Waals surface area contributed by atoms with Gasteiger partial charge in [0.2, 0.25) is 0 Å². The fourth-order valence-corrected chi connectivity index (χ4v) is 2.54. The number of nitrogens with zero attached hydrogens (tertiary/aromatic N) is 6. The first-order valence-electron chi connectivity index (χ1n) is 8.16. The van der Waals surface area contributed by atoms with Gasteiger partial charge in [0.1, 0.15) is 0 Å². The molecule has 1 aromatic heterocycles. The Morgan fingerprint density at radius 3 is 2.36 bits per heavy atom. The van der Waals surface area contributed by atoms with Crippen LogP contribution in [0, 0.1) is 6.92 Å². The molecule has 0 aliphatic carbocycles. The van der Waals surface area contributed by atoms with Crippen molar-refractivity contribution < 1.29 is 14.3 Å². The van der Waals surface area contributed by atoms with Crippen LogP contribution in [0.5, 0.6) is 0 Å².